The van der Waals surface area contributed by atoms with Gasteiger partial charge in [-0.3, -0.25) is 4.79 Å². The Hall–Kier alpha value is -2.23. The number of aromatic amines is 1. The van der Waals surface area contributed by atoms with E-state index in [4.69, 9.17) is 0 Å². The highest BCUT2D eigenvalue weighted by molar-refractivity contribution is 7.18. The Kier molecular flexibility index (Phi) is 3.60. The van der Waals surface area contributed by atoms with E-state index in [1.807, 2.05) is 17.5 Å². The van der Waals surface area contributed by atoms with Crippen LogP contribution in [0.5, 0.6) is 0 Å². The normalized spacial score (nSPS) is 14.7. The van der Waals surface area contributed by atoms with E-state index < -0.39 is 0 Å². The van der Waals surface area contributed by atoms with Gasteiger partial charge in [0.25, 0.3) is 5.56 Å². The van der Waals surface area contributed by atoms with E-state index in [1.54, 1.807) is 28.7 Å². The molecule has 1 aliphatic carbocycles. The number of allylic oxidation sites excluding steroid dienone is 1. The topological polar surface area (TPSA) is 69.5 Å². The molecule has 0 radical (unpaired) electrons. The second kappa shape index (κ2) is 5.76. The molecule has 3 heterocycles. The van der Waals surface area contributed by atoms with E-state index in [0.717, 1.165) is 39.9 Å². The van der Waals surface area contributed by atoms with E-state index in [1.165, 1.54) is 11.3 Å². The maximum absolute atomic E-state index is 12.5. The van der Waals surface area contributed by atoms with Crippen LogP contribution < -0.4 is 5.56 Å². The molecule has 0 saturated heterocycles. The van der Waals surface area contributed by atoms with Crippen molar-refractivity contribution in [2.24, 2.45) is 0 Å². The summed E-state index contributed by atoms with van der Waals surface area (Å²) in [5.74, 6) is 0.358. The van der Waals surface area contributed by atoms with Crippen molar-refractivity contribution in [3.8, 4) is 6.07 Å². The molecule has 23 heavy (non-hydrogen) atoms. The van der Waals surface area contributed by atoms with Crippen molar-refractivity contribution in [2.45, 2.75) is 25.7 Å². The molecule has 0 atom stereocenters. The molecule has 4 nitrogen and oxygen atoms in total. The third kappa shape index (κ3) is 2.52. The van der Waals surface area contributed by atoms with Gasteiger partial charge >= 0.3 is 0 Å². The lowest BCUT2D eigenvalue weighted by molar-refractivity contribution is 0.700. The first kappa shape index (κ1) is 14.4. The number of aromatic nitrogens is 2. The Bertz CT molecular complexity index is 1000. The van der Waals surface area contributed by atoms with Gasteiger partial charge in [-0.05, 0) is 48.8 Å². The number of nitrogens with zero attached hydrogens (tertiary/aromatic N) is 2. The molecule has 3 aromatic heterocycles. The van der Waals surface area contributed by atoms with Crippen LogP contribution in [-0.2, 0) is 12.8 Å². The zero-order valence-electron chi connectivity index (χ0n) is 12.3. The van der Waals surface area contributed by atoms with Gasteiger partial charge in [0.2, 0.25) is 0 Å². The predicted octanol–water partition coefficient (Wildman–Crippen LogP) is 3.99. The van der Waals surface area contributed by atoms with E-state index in [-0.39, 0.29) is 5.56 Å². The molecule has 114 valence electrons. The largest absolute Gasteiger partial charge is 0.305 e. The van der Waals surface area contributed by atoms with Crippen LogP contribution >= 0.6 is 22.7 Å². The highest BCUT2D eigenvalue weighted by Gasteiger charge is 2.20. The first-order chi connectivity index (χ1) is 11.3. The molecule has 6 heteroatoms. The fourth-order valence-corrected chi connectivity index (χ4v) is 4.88. The molecule has 0 spiro atoms. The minimum Gasteiger partial charge on any atom is -0.305 e. The number of hydrogen-bond acceptors (Lipinski definition) is 5. The number of hydrogen-bond donors (Lipinski definition) is 1. The van der Waals surface area contributed by atoms with Crippen molar-refractivity contribution in [1.29, 1.82) is 5.26 Å². The average Bonchev–Trinajstić information content (AvgIpc) is 3.19. The van der Waals surface area contributed by atoms with Gasteiger partial charge in [0.1, 0.15) is 10.9 Å². The minimum atomic E-state index is -0.128. The molecule has 0 amide bonds. The maximum Gasteiger partial charge on any atom is 0.260 e. The van der Waals surface area contributed by atoms with Crippen LogP contribution in [0.1, 0.15) is 34.0 Å². The molecule has 0 aromatic carbocycles. The highest BCUT2D eigenvalue weighted by atomic mass is 32.1. The molecule has 4 rings (SSSR count). The Labute approximate surface area is 140 Å². The van der Waals surface area contributed by atoms with Gasteiger partial charge in [-0.2, -0.15) is 5.26 Å². The number of aryl methyl sites for hydroxylation is 2. The summed E-state index contributed by atoms with van der Waals surface area (Å²) in [4.78, 5) is 22.9. The van der Waals surface area contributed by atoms with E-state index >= 15 is 0 Å². The minimum absolute atomic E-state index is 0.128. The van der Waals surface area contributed by atoms with Gasteiger partial charge < -0.3 is 4.98 Å². The van der Waals surface area contributed by atoms with Gasteiger partial charge in [-0.1, -0.05) is 6.07 Å². The first-order valence-corrected chi connectivity index (χ1v) is 9.16. The number of nitriles is 1. The molecule has 1 N–H and O–H groups in total. The number of thiophene rings is 2. The van der Waals surface area contributed by atoms with Gasteiger partial charge in [0.05, 0.1) is 11.0 Å². The molecule has 0 unspecified atom stereocenters. The number of fused-ring (bicyclic) bond motifs is 3. The lowest BCUT2D eigenvalue weighted by atomic mass is 9.97. The summed E-state index contributed by atoms with van der Waals surface area (Å²) in [6.07, 6.45) is 6.05. The zero-order chi connectivity index (χ0) is 15.8. The lowest BCUT2D eigenvalue weighted by Crippen LogP contribution is -2.12. The summed E-state index contributed by atoms with van der Waals surface area (Å²) >= 11 is 3.15. The number of nitrogens with one attached hydrogen (secondary N) is 1. The van der Waals surface area contributed by atoms with E-state index in [9.17, 15) is 10.1 Å². The molecule has 0 saturated carbocycles. The van der Waals surface area contributed by atoms with Crippen LogP contribution in [0.15, 0.2) is 22.3 Å². The van der Waals surface area contributed by atoms with Crippen LogP contribution in [0.2, 0.25) is 0 Å². The van der Waals surface area contributed by atoms with Crippen molar-refractivity contribution >= 4 is 44.5 Å². The van der Waals surface area contributed by atoms with Crippen molar-refractivity contribution in [1.82, 2.24) is 9.97 Å². The Morgan fingerprint density at radius 3 is 3.04 bits per heavy atom. The van der Waals surface area contributed by atoms with Crippen molar-refractivity contribution in [3.63, 3.8) is 0 Å². The summed E-state index contributed by atoms with van der Waals surface area (Å²) < 4.78 is 0. The number of rotatable bonds is 2. The van der Waals surface area contributed by atoms with Crippen LogP contribution in [0.25, 0.3) is 21.9 Å². The zero-order valence-corrected chi connectivity index (χ0v) is 13.9. The fraction of sp³-hybridized carbons (Fsp3) is 0.235. The second-order valence-corrected chi connectivity index (χ2v) is 7.55. The molecule has 1 aliphatic rings. The van der Waals surface area contributed by atoms with Crippen molar-refractivity contribution < 1.29 is 0 Å². The third-order valence-electron chi connectivity index (χ3n) is 4.03. The van der Waals surface area contributed by atoms with Gasteiger partial charge in [-0.25, -0.2) is 4.98 Å². The van der Waals surface area contributed by atoms with Gasteiger partial charge in [0.15, 0.2) is 5.82 Å². The predicted molar refractivity (Wildman–Crippen MR) is 94.7 cm³/mol. The SMILES string of the molecule is N#CC(=Cc1cccs1)c1nc2sc3c(c2c(=O)[nH]1)CCCC3. The van der Waals surface area contributed by atoms with Crippen molar-refractivity contribution in [3.05, 3.63) is 49.0 Å². The lowest BCUT2D eigenvalue weighted by Gasteiger charge is -2.09. The molecule has 0 bridgehead atoms. The quantitative estimate of drug-likeness (QED) is 0.718. The Morgan fingerprint density at radius 1 is 1.39 bits per heavy atom. The van der Waals surface area contributed by atoms with Crippen LogP contribution in [0, 0.1) is 11.3 Å². The first-order valence-electron chi connectivity index (χ1n) is 7.46. The Balaban J connectivity index is 1.89. The molecule has 3 aromatic rings. The summed E-state index contributed by atoms with van der Waals surface area (Å²) in [5, 5.41) is 12.1. The summed E-state index contributed by atoms with van der Waals surface area (Å²) in [6, 6.07) is 6.01. The fourth-order valence-electron chi connectivity index (χ4n) is 2.96. The van der Waals surface area contributed by atoms with Crippen LogP contribution in [0.3, 0.4) is 0 Å². The van der Waals surface area contributed by atoms with Crippen LogP contribution in [-0.4, -0.2) is 9.97 Å². The maximum atomic E-state index is 12.5. The monoisotopic (exact) mass is 339 g/mol. The van der Waals surface area contributed by atoms with Gasteiger partial charge in [0, 0.05) is 9.75 Å². The molecular weight excluding hydrogens is 326 g/mol. The average molecular weight is 339 g/mol. The third-order valence-corrected chi connectivity index (χ3v) is 6.04. The molecule has 0 aliphatic heterocycles. The smallest absolute Gasteiger partial charge is 0.260 e. The standard InChI is InChI=1S/C17H13N3OS2/c18-9-10(8-11-4-3-7-22-11)15-19-16(21)14-12-5-1-2-6-13(12)23-17(14)20-15/h3-4,7-8H,1-2,5-6H2,(H,19,20,21). The van der Waals surface area contributed by atoms with E-state index in [2.05, 4.69) is 16.0 Å². The highest BCUT2D eigenvalue weighted by Crippen LogP contribution is 2.34. The van der Waals surface area contributed by atoms with Crippen molar-refractivity contribution in [2.75, 3.05) is 0 Å². The number of H-pyrrole nitrogens is 1. The van der Waals surface area contributed by atoms with E-state index in [0.29, 0.717) is 11.4 Å². The molecule has 0 fully saturated rings. The second-order valence-electron chi connectivity index (χ2n) is 5.49. The Morgan fingerprint density at radius 2 is 2.26 bits per heavy atom. The van der Waals surface area contributed by atoms with Crippen LogP contribution in [0.4, 0.5) is 0 Å². The molecular formula is C17H13N3OS2. The summed E-state index contributed by atoms with van der Waals surface area (Å²) in [5.41, 5.74) is 1.42. The van der Waals surface area contributed by atoms with Gasteiger partial charge in [-0.15, -0.1) is 22.7 Å². The summed E-state index contributed by atoms with van der Waals surface area (Å²) in [6.45, 7) is 0. The summed E-state index contributed by atoms with van der Waals surface area (Å²) in [7, 11) is 0.